The number of aromatic nitrogens is 2. The standard InChI is InChI=1S/C14H17BrN4O/c1-2-7-19-9-10(8-17-19)13(14(16)20)18-12-5-3-11(15)4-6-12/h3-6,8-9,13,18H,2,7H2,1H3,(H2,16,20). The molecule has 0 aliphatic rings. The molecular formula is C14H17BrN4O. The van der Waals surface area contributed by atoms with Crippen molar-refractivity contribution in [3.8, 4) is 0 Å². The summed E-state index contributed by atoms with van der Waals surface area (Å²) in [4.78, 5) is 11.7. The van der Waals surface area contributed by atoms with Gasteiger partial charge in [0.15, 0.2) is 0 Å². The van der Waals surface area contributed by atoms with Crippen molar-refractivity contribution in [3.63, 3.8) is 0 Å². The van der Waals surface area contributed by atoms with Gasteiger partial charge in [-0.2, -0.15) is 5.10 Å². The molecule has 106 valence electrons. The molecule has 2 rings (SSSR count). The van der Waals surface area contributed by atoms with Crippen LogP contribution in [-0.2, 0) is 11.3 Å². The molecule has 0 saturated heterocycles. The van der Waals surface area contributed by atoms with Gasteiger partial charge in [0.1, 0.15) is 6.04 Å². The van der Waals surface area contributed by atoms with Crippen molar-refractivity contribution in [3.05, 3.63) is 46.7 Å². The zero-order valence-electron chi connectivity index (χ0n) is 11.2. The Labute approximate surface area is 126 Å². The van der Waals surface area contributed by atoms with E-state index in [2.05, 4.69) is 33.3 Å². The summed E-state index contributed by atoms with van der Waals surface area (Å²) in [6, 6.07) is 7.00. The van der Waals surface area contributed by atoms with Gasteiger partial charge in [-0.1, -0.05) is 22.9 Å². The van der Waals surface area contributed by atoms with Gasteiger partial charge in [-0.05, 0) is 30.7 Å². The number of hydrogen-bond acceptors (Lipinski definition) is 3. The minimum atomic E-state index is -0.582. The number of nitrogens with one attached hydrogen (secondary N) is 1. The maximum atomic E-state index is 11.7. The molecule has 3 N–H and O–H groups in total. The summed E-state index contributed by atoms with van der Waals surface area (Å²) in [6.07, 6.45) is 4.52. The number of rotatable bonds is 6. The highest BCUT2D eigenvalue weighted by molar-refractivity contribution is 9.10. The third-order valence-electron chi connectivity index (χ3n) is 2.88. The van der Waals surface area contributed by atoms with Crippen molar-refractivity contribution in [2.75, 3.05) is 5.32 Å². The Balaban J connectivity index is 2.17. The van der Waals surface area contributed by atoms with Gasteiger partial charge in [0.25, 0.3) is 0 Å². The molecule has 6 heteroatoms. The maximum Gasteiger partial charge on any atom is 0.244 e. The molecule has 0 bridgehead atoms. The molecule has 1 aromatic heterocycles. The Morgan fingerprint density at radius 3 is 2.75 bits per heavy atom. The molecule has 0 fully saturated rings. The van der Waals surface area contributed by atoms with Crippen molar-refractivity contribution in [2.24, 2.45) is 5.73 Å². The zero-order chi connectivity index (χ0) is 14.5. The first-order chi connectivity index (χ1) is 9.60. The predicted molar refractivity (Wildman–Crippen MR) is 82.2 cm³/mol. The van der Waals surface area contributed by atoms with Crippen LogP contribution in [0.4, 0.5) is 5.69 Å². The summed E-state index contributed by atoms with van der Waals surface area (Å²) >= 11 is 3.37. The molecule has 5 nitrogen and oxygen atoms in total. The van der Waals surface area contributed by atoms with Crippen molar-refractivity contribution in [2.45, 2.75) is 25.9 Å². The SMILES string of the molecule is CCCn1cc(C(Nc2ccc(Br)cc2)C(N)=O)cn1. The second kappa shape index (κ2) is 6.56. The first kappa shape index (κ1) is 14.6. The Morgan fingerprint density at radius 2 is 2.15 bits per heavy atom. The van der Waals surface area contributed by atoms with Crippen LogP contribution in [0, 0.1) is 0 Å². The van der Waals surface area contributed by atoms with Gasteiger partial charge in [-0.15, -0.1) is 0 Å². The maximum absolute atomic E-state index is 11.7. The van der Waals surface area contributed by atoms with Crippen LogP contribution in [0.15, 0.2) is 41.1 Å². The number of nitrogens with two attached hydrogens (primary N) is 1. The van der Waals surface area contributed by atoms with E-state index in [1.807, 2.05) is 35.1 Å². The molecule has 1 heterocycles. The molecular weight excluding hydrogens is 320 g/mol. The van der Waals surface area contributed by atoms with Crippen LogP contribution >= 0.6 is 15.9 Å². The number of benzene rings is 1. The summed E-state index contributed by atoms with van der Waals surface area (Å²) in [5.41, 5.74) is 7.09. The second-order valence-electron chi connectivity index (χ2n) is 4.52. The first-order valence-electron chi connectivity index (χ1n) is 6.44. The van der Waals surface area contributed by atoms with Gasteiger partial charge in [-0.3, -0.25) is 9.48 Å². The minimum Gasteiger partial charge on any atom is -0.370 e. The number of anilines is 1. The zero-order valence-corrected chi connectivity index (χ0v) is 12.8. The van der Waals surface area contributed by atoms with E-state index >= 15 is 0 Å². The summed E-state index contributed by atoms with van der Waals surface area (Å²) in [7, 11) is 0. The molecule has 0 aliphatic carbocycles. The van der Waals surface area contributed by atoms with E-state index in [4.69, 9.17) is 5.73 Å². The summed E-state index contributed by atoms with van der Waals surface area (Å²) < 4.78 is 2.79. The van der Waals surface area contributed by atoms with E-state index in [1.54, 1.807) is 6.20 Å². The fourth-order valence-electron chi connectivity index (χ4n) is 1.91. The Morgan fingerprint density at radius 1 is 1.45 bits per heavy atom. The summed E-state index contributed by atoms with van der Waals surface area (Å²) in [5.74, 6) is -0.427. The number of halogens is 1. The van der Waals surface area contributed by atoms with E-state index in [9.17, 15) is 4.79 Å². The van der Waals surface area contributed by atoms with Gasteiger partial charge in [0.05, 0.1) is 6.20 Å². The average Bonchev–Trinajstić information content (AvgIpc) is 2.86. The quantitative estimate of drug-likeness (QED) is 0.851. The summed E-state index contributed by atoms with van der Waals surface area (Å²) in [6.45, 7) is 2.90. The van der Waals surface area contributed by atoms with Gasteiger partial charge >= 0.3 is 0 Å². The van der Waals surface area contributed by atoms with E-state index < -0.39 is 11.9 Å². The van der Waals surface area contributed by atoms with E-state index in [0.717, 1.165) is 28.7 Å². The van der Waals surface area contributed by atoms with E-state index in [-0.39, 0.29) is 0 Å². The van der Waals surface area contributed by atoms with Gasteiger partial charge in [-0.25, -0.2) is 0 Å². The van der Waals surface area contributed by atoms with Crippen LogP contribution in [0.5, 0.6) is 0 Å². The molecule has 1 unspecified atom stereocenters. The highest BCUT2D eigenvalue weighted by atomic mass is 79.9. The lowest BCUT2D eigenvalue weighted by molar-refractivity contribution is -0.118. The Bertz CT molecular complexity index is 579. The van der Waals surface area contributed by atoms with E-state index in [1.165, 1.54) is 0 Å². The van der Waals surface area contributed by atoms with Crippen molar-refractivity contribution in [1.82, 2.24) is 9.78 Å². The van der Waals surface area contributed by atoms with Crippen molar-refractivity contribution in [1.29, 1.82) is 0 Å². The van der Waals surface area contributed by atoms with Crippen molar-refractivity contribution < 1.29 is 4.79 Å². The van der Waals surface area contributed by atoms with Crippen LogP contribution in [0.2, 0.25) is 0 Å². The highest BCUT2D eigenvalue weighted by Gasteiger charge is 2.19. The fraction of sp³-hybridized carbons (Fsp3) is 0.286. The van der Waals surface area contributed by atoms with Crippen LogP contribution < -0.4 is 11.1 Å². The number of aryl methyl sites for hydroxylation is 1. The molecule has 0 aliphatic heterocycles. The molecule has 0 radical (unpaired) electrons. The summed E-state index contributed by atoms with van der Waals surface area (Å²) in [5, 5.41) is 7.36. The number of carbonyl (C=O) groups is 1. The molecule has 1 atom stereocenters. The van der Waals surface area contributed by atoms with Crippen LogP contribution in [0.1, 0.15) is 24.9 Å². The topological polar surface area (TPSA) is 72.9 Å². The minimum absolute atomic E-state index is 0.427. The van der Waals surface area contributed by atoms with Crippen LogP contribution in [0.25, 0.3) is 0 Å². The molecule has 1 aromatic carbocycles. The van der Waals surface area contributed by atoms with Gasteiger partial charge < -0.3 is 11.1 Å². The molecule has 0 saturated carbocycles. The van der Waals surface area contributed by atoms with Crippen LogP contribution in [-0.4, -0.2) is 15.7 Å². The Kier molecular flexibility index (Phi) is 4.79. The predicted octanol–water partition coefficient (Wildman–Crippen LogP) is 2.69. The second-order valence-corrected chi connectivity index (χ2v) is 5.44. The lowest BCUT2D eigenvalue weighted by Gasteiger charge is -2.15. The third kappa shape index (κ3) is 3.60. The first-order valence-corrected chi connectivity index (χ1v) is 7.23. The Hall–Kier alpha value is -1.82. The van der Waals surface area contributed by atoms with Gasteiger partial charge in [0, 0.05) is 28.5 Å². The normalized spacial score (nSPS) is 12.1. The number of nitrogens with zero attached hydrogens (tertiary/aromatic N) is 2. The fourth-order valence-corrected chi connectivity index (χ4v) is 2.18. The lowest BCUT2D eigenvalue weighted by atomic mass is 10.1. The molecule has 20 heavy (non-hydrogen) atoms. The molecule has 0 spiro atoms. The third-order valence-corrected chi connectivity index (χ3v) is 3.41. The van der Waals surface area contributed by atoms with Crippen LogP contribution in [0.3, 0.4) is 0 Å². The average molecular weight is 337 g/mol. The molecule has 1 amide bonds. The number of amides is 1. The van der Waals surface area contributed by atoms with Gasteiger partial charge in [0.2, 0.25) is 5.91 Å². The lowest BCUT2D eigenvalue weighted by Crippen LogP contribution is -2.27. The number of hydrogen-bond donors (Lipinski definition) is 2. The smallest absolute Gasteiger partial charge is 0.244 e. The van der Waals surface area contributed by atoms with E-state index in [0.29, 0.717) is 0 Å². The number of carbonyl (C=O) groups excluding carboxylic acids is 1. The monoisotopic (exact) mass is 336 g/mol. The van der Waals surface area contributed by atoms with Crippen molar-refractivity contribution >= 4 is 27.5 Å². The largest absolute Gasteiger partial charge is 0.370 e. The number of primary amides is 1. The molecule has 2 aromatic rings. The highest BCUT2D eigenvalue weighted by Crippen LogP contribution is 2.21.